The molecule has 0 bridgehead atoms. The summed E-state index contributed by atoms with van der Waals surface area (Å²) in [5.74, 6) is 0. The SMILES string of the molecule is NC1CCCc2c1ccn2Cc1cccnn1. The van der Waals surface area contributed by atoms with Crippen LogP contribution in [0.3, 0.4) is 0 Å². The fourth-order valence-corrected chi connectivity index (χ4v) is 2.53. The molecule has 2 aromatic heterocycles. The molecule has 4 nitrogen and oxygen atoms in total. The van der Waals surface area contributed by atoms with Crippen molar-refractivity contribution < 1.29 is 0 Å². The first kappa shape index (κ1) is 10.5. The number of aromatic nitrogens is 3. The van der Waals surface area contributed by atoms with Crippen molar-refractivity contribution >= 4 is 0 Å². The Balaban J connectivity index is 1.90. The van der Waals surface area contributed by atoms with Crippen molar-refractivity contribution in [3.63, 3.8) is 0 Å². The molecule has 1 aliphatic carbocycles. The Morgan fingerprint density at radius 3 is 3.18 bits per heavy atom. The number of rotatable bonds is 2. The van der Waals surface area contributed by atoms with Crippen LogP contribution in [0.15, 0.2) is 30.6 Å². The minimum absolute atomic E-state index is 0.210. The van der Waals surface area contributed by atoms with Gasteiger partial charge in [0.15, 0.2) is 0 Å². The third-order valence-electron chi connectivity index (χ3n) is 3.40. The lowest BCUT2D eigenvalue weighted by molar-refractivity contribution is 0.546. The second-order valence-electron chi connectivity index (χ2n) is 4.56. The Morgan fingerprint density at radius 1 is 1.41 bits per heavy atom. The minimum Gasteiger partial charge on any atom is -0.345 e. The summed E-state index contributed by atoms with van der Waals surface area (Å²) in [6, 6.07) is 6.28. The maximum atomic E-state index is 6.11. The summed E-state index contributed by atoms with van der Waals surface area (Å²) in [5, 5.41) is 8.02. The summed E-state index contributed by atoms with van der Waals surface area (Å²) in [6.45, 7) is 0.788. The number of hydrogen-bond acceptors (Lipinski definition) is 3. The van der Waals surface area contributed by atoms with Gasteiger partial charge in [-0.3, -0.25) is 0 Å². The van der Waals surface area contributed by atoms with Crippen LogP contribution in [-0.2, 0) is 13.0 Å². The highest BCUT2D eigenvalue weighted by Crippen LogP contribution is 2.28. The highest BCUT2D eigenvalue weighted by atomic mass is 15.1. The zero-order valence-corrected chi connectivity index (χ0v) is 9.71. The molecule has 1 atom stereocenters. The predicted octanol–water partition coefficient (Wildman–Crippen LogP) is 1.66. The summed E-state index contributed by atoms with van der Waals surface area (Å²) < 4.78 is 2.25. The first-order chi connectivity index (χ1) is 8.34. The van der Waals surface area contributed by atoms with E-state index in [2.05, 4.69) is 27.0 Å². The van der Waals surface area contributed by atoms with Crippen LogP contribution in [0.5, 0.6) is 0 Å². The van der Waals surface area contributed by atoms with Crippen LogP contribution in [0.1, 0.15) is 35.8 Å². The maximum absolute atomic E-state index is 6.11. The third kappa shape index (κ3) is 1.96. The first-order valence-electron chi connectivity index (χ1n) is 6.04. The van der Waals surface area contributed by atoms with Gasteiger partial charge >= 0.3 is 0 Å². The Labute approximate surface area is 100 Å². The summed E-state index contributed by atoms with van der Waals surface area (Å²) in [4.78, 5) is 0. The quantitative estimate of drug-likeness (QED) is 0.850. The van der Waals surface area contributed by atoms with E-state index in [4.69, 9.17) is 5.73 Å². The van der Waals surface area contributed by atoms with E-state index in [9.17, 15) is 0 Å². The van der Waals surface area contributed by atoms with E-state index in [1.54, 1.807) is 6.20 Å². The van der Waals surface area contributed by atoms with Gasteiger partial charge in [-0.1, -0.05) is 0 Å². The number of nitrogens with zero attached hydrogens (tertiary/aromatic N) is 3. The largest absolute Gasteiger partial charge is 0.345 e. The smallest absolute Gasteiger partial charge is 0.0828 e. The molecule has 1 unspecified atom stereocenters. The fourth-order valence-electron chi connectivity index (χ4n) is 2.53. The average Bonchev–Trinajstić information content (AvgIpc) is 2.76. The lowest BCUT2D eigenvalue weighted by Gasteiger charge is -2.20. The van der Waals surface area contributed by atoms with Crippen molar-refractivity contribution in [2.45, 2.75) is 31.8 Å². The van der Waals surface area contributed by atoms with E-state index in [1.807, 2.05) is 12.1 Å². The van der Waals surface area contributed by atoms with Gasteiger partial charge in [0, 0.05) is 24.1 Å². The van der Waals surface area contributed by atoms with E-state index in [0.29, 0.717) is 0 Å². The van der Waals surface area contributed by atoms with Gasteiger partial charge in [-0.05, 0) is 43.0 Å². The highest BCUT2D eigenvalue weighted by Gasteiger charge is 2.20. The molecule has 2 heterocycles. The van der Waals surface area contributed by atoms with Gasteiger partial charge in [0.05, 0.1) is 12.2 Å². The Bertz CT molecular complexity index is 503. The molecule has 0 fully saturated rings. The van der Waals surface area contributed by atoms with Crippen LogP contribution in [-0.4, -0.2) is 14.8 Å². The topological polar surface area (TPSA) is 56.7 Å². The minimum atomic E-state index is 0.210. The zero-order valence-electron chi connectivity index (χ0n) is 9.71. The zero-order chi connectivity index (χ0) is 11.7. The van der Waals surface area contributed by atoms with Gasteiger partial charge in [0.25, 0.3) is 0 Å². The number of fused-ring (bicyclic) bond motifs is 1. The Hall–Kier alpha value is -1.68. The molecule has 4 heteroatoms. The standard InChI is InChI=1S/C13H16N4/c14-12-4-1-5-13-11(12)6-8-17(13)9-10-3-2-7-15-16-10/h2-3,6-8,12H,1,4-5,9,14H2. The second kappa shape index (κ2) is 4.30. The molecule has 3 rings (SSSR count). The normalized spacial score (nSPS) is 19.0. The van der Waals surface area contributed by atoms with Gasteiger partial charge in [0.2, 0.25) is 0 Å². The molecule has 0 aromatic carbocycles. The molecule has 0 radical (unpaired) electrons. The van der Waals surface area contributed by atoms with Crippen LogP contribution in [0.25, 0.3) is 0 Å². The summed E-state index contributed by atoms with van der Waals surface area (Å²) in [5.41, 5.74) is 9.78. The molecule has 0 aliphatic heterocycles. The van der Waals surface area contributed by atoms with E-state index >= 15 is 0 Å². The van der Waals surface area contributed by atoms with Crippen molar-refractivity contribution in [1.29, 1.82) is 0 Å². The first-order valence-corrected chi connectivity index (χ1v) is 6.04. The van der Waals surface area contributed by atoms with Crippen molar-refractivity contribution in [1.82, 2.24) is 14.8 Å². The van der Waals surface area contributed by atoms with E-state index in [0.717, 1.165) is 25.1 Å². The van der Waals surface area contributed by atoms with Crippen LogP contribution in [0, 0.1) is 0 Å². The average molecular weight is 228 g/mol. The monoisotopic (exact) mass is 228 g/mol. The van der Waals surface area contributed by atoms with Gasteiger partial charge < -0.3 is 10.3 Å². The molecule has 17 heavy (non-hydrogen) atoms. The molecule has 88 valence electrons. The van der Waals surface area contributed by atoms with Crippen LogP contribution >= 0.6 is 0 Å². The molecule has 1 aliphatic rings. The lowest BCUT2D eigenvalue weighted by Crippen LogP contribution is -2.18. The molecule has 0 saturated carbocycles. The van der Waals surface area contributed by atoms with Crippen LogP contribution in [0.2, 0.25) is 0 Å². The predicted molar refractivity (Wildman–Crippen MR) is 65.4 cm³/mol. The van der Waals surface area contributed by atoms with Crippen molar-refractivity contribution in [3.05, 3.63) is 47.5 Å². The van der Waals surface area contributed by atoms with Gasteiger partial charge in [-0.15, -0.1) is 0 Å². The molecule has 0 saturated heterocycles. The van der Waals surface area contributed by atoms with Crippen LogP contribution in [0.4, 0.5) is 0 Å². The van der Waals surface area contributed by atoms with Crippen molar-refractivity contribution in [2.75, 3.05) is 0 Å². The molecular formula is C13H16N4. The third-order valence-corrected chi connectivity index (χ3v) is 3.40. The number of hydrogen-bond donors (Lipinski definition) is 1. The molecular weight excluding hydrogens is 212 g/mol. The van der Waals surface area contributed by atoms with E-state index in [1.165, 1.54) is 17.7 Å². The van der Waals surface area contributed by atoms with Crippen LogP contribution < -0.4 is 5.73 Å². The lowest BCUT2D eigenvalue weighted by atomic mass is 9.94. The maximum Gasteiger partial charge on any atom is 0.0828 e. The van der Waals surface area contributed by atoms with E-state index in [-0.39, 0.29) is 6.04 Å². The highest BCUT2D eigenvalue weighted by molar-refractivity contribution is 5.28. The number of nitrogens with two attached hydrogens (primary N) is 1. The molecule has 0 amide bonds. The molecule has 2 N–H and O–H groups in total. The summed E-state index contributed by atoms with van der Waals surface area (Å²) in [7, 11) is 0. The van der Waals surface area contributed by atoms with Gasteiger partial charge in [-0.2, -0.15) is 10.2 Å². The van der Waals surface area contributed by atoms with Gasteiger partial charge in [-0.25, -0.2) is 0 Å². The van der Waals surface area contributed by atoms with Crippen molar-refractivity contribution in [3.8, 4) is 0 Å². The Morgan fingerprint density at radius 2 is 2.35 bits per heavy atom. The Kier molecular flexibility index (Phi) is 2.65. The molecule has 2 aromatic rings. The summed E-state index contributed by atoms with van der Waals surface area (Å²) >= 11 is 0. The van der Waals surface area contributed by atoms with E-state index < -0.39 is 0 Å². The van der Waals surface area contributed by atoms with Crippen molar-refractivity contribution in [2.24, 2.45) is 5.73 Å². The molecule has 0 spiro atoms. The van der Waals surface area contributed by atoms with Gasteiger partial charge in [0.1, 0.15) is 0 Å². The second-order valence-corrected chi connectivity index (χ2v) is 4.56. The summed E-state index contributed by atoms with van der Waals surface area (Å²) in [6.07, 6.45) is 7.21. The fraction of sp³-hybridized carbons (Fsp3) is 0.385.